The van der Waals surface area contributed by atoms with Gasteiger partial charge in [-0.2, -0.15) is 0 Å². The van der Waals surface area contributed by atoms with Gasteiger partial charge in [0.1, 0.15) is 0 Å². The monoisotopic (exact) mass is 263 g/mol. The molecule has 1 saturated carbocycles. The highest BCUT2D eigenvalue weighted by Gasteiger charge is 2.30. The first-order chi connectivity index (χ1) is 8.01. The molecule has 6 nitrogen and oxygen atoms in total. The van der Waals surface area contributed by atoms with Gasteiger partial charge in [-0.05, 0) is 19.3 Å². The number of hydrogen-bond donors (Lipinski definition) is 3. The van der Waals surface area contributed by atoms with Crippen LogP contribution in [0.1, 0.15) is 45.4 Å². The Morgan fingerprint density at radius 1 is 1.47 bits per heavy atom. The number of rotatable bonds is 5. The highest BCUT2D eigenvalue weighted by atomic mass is 32.2. The van der Waals surface area contributed by atoms with Crippen molar-refractivity contribution in [2.45, 2.75) is 56.7 Å². The smallest absolute Gasteiger partial charge is 0.215 e. The molecule has 0 aliphatic heterocycles. The third-order valence-corrected chi connectivity index (χ3v) is 5.14. The predicted molar refractivity (Wildman–Crippen MR) is 66.4 cm³/mol. The minimum Gasteiger partial charge on any atom is -0.409 e. The molecule has 0 radical (unpaired) electrons. The van der Waals surface area contributed by atoms with Gasteiger partial charge in [0, 0.05) is 0 Å². The van der Waals surface area contributed by atoms with Crippen LogP contribution >= 0.6 is 0 Å². The van der Waals surface area contributed by atoms with Gasteiger partial charge in [0.05, 0.1) is 11.3 Å². The molecule has 0 aromatic rings. The number of nitrogens with zero attached hydrogens (tertiary/aromatic N) is 1. The fraction of sp³-hybridized carbons (Fsp3) is 0.900. The maximum absolute atomic E-state index is 12.1. The topological polar surface area (TPSA) is 105 Å². The van der Waals surface area contributed by atoms with Gasteiger partial charge in [-0.1, -0.05) is 31.3 Å². The molecule has 1 fully saturated rings. The van der Waals surface area contributed by atoms with Crippen LogP contribution in [0.15, 0.2) is 5.16 Å². The van der Waals surface area contributed by atoms with Crippen molar-refractivity contribution >= 4 is 15.9 Å². The van der Waals surface area contributed by atoms with Crippen LogP contribution in [0.3, 0.4) is 0 Å². The Morgan fingerprint density at radius 3 is 2.53 bits per heavy atom. The lowest BCUT2D eigenvalue weighted by molar-refractivity contribution is 0.315. The molecule has 0 spiro atoms. The van der Waals surface area contributed by atoms with Gasteiger partial charge in [-0.15, -0.1) is 0 Å². The number of nitrogens with one attached hydrogen (secondary N) is 1. The summed E-state index contributed by atoms with van der Waals surface area (Å²) < 4.78 is 26.7. The zero-order valence-corrected chi connectivity index (χ0v) is 10.9. The van der Waals surface area contributed by atoms with E-state index >= 15 is 0 Å². The maximum atomic E-state index is 12.1. The minimum absolute atomic E-state index is 0.0908. The van der Waals surface area contributed by atoms with E-state index in [1.54, 1.807) is 6.92 Å². The number of sulfonamides is 1. The lowest BCUT2D eigenvalue weighted by Crippen LogP contribution is -2.47. The van der Waals surface area contributed by atoms with Crippen molar-refractivity contribution in [2.24, 2.45) is 10.9 Å². The maximum Gasteiger partial charge on any atom is 0.215 e. The molecule has 0 bridgehead atoms. The summed E-state index contributed by atoms with van der Waals surface area (Å²) in [5.74, 6) is -0.0908. The first-order valence-corrected chi connectivity index (χ1v) is 7.54. The summed E-state index contributed by atoms with van der Waals surface area (Å²) in [5.41, 5.74) is 5.44. The molecule has 0 aromatic heterocycles. The molecular weight excluding hydrogens is 242 g/mol. The molecule has 1 rings (SSSR count). The second kappa shape index (κ2) is 6.20. The second-order valence-electron chi connectivity index (χ2n) is 4.41. The van der Waals surface area contributed by atoms with Crippen molar-refractivity contribution in [3.8, 4) is 0 Å². The van der Waals surface area contributed by atoms with Crippen LogP contribution in [0, 0.1) is 0 Å². The molecule has 0 amide bonds. The number of oxime groups is 1. The van der Waals surface area contributed by atoms with Crippen LogP contribution in [0.25, 0.3) is 0 Å². The van der Waals surface area contributed by atoms with Crippen LogP contribution in [0.5, 0.6) is 0 Å². The number of hydrogen-bond acceptors (Lipinski definition) is 4. The van der Waals surface area contributed by atoms with E-state index in [1.165, 1.54) is 0 Å². The van der Waals surface area contributed by atoms with E-state index in [4.69, 9.17) is 10.9 Å². The van der Waals surface area contributed by atoms with Gasteiger partial charge in [0.2, 0.25) is 10.0 Å². The largest absolute Gasteiger partial charge is 0.409 e. The first-order valence-electron chi connectivity index (χ1n) is 5.99. The van der Waals surface area contributed by atoms with E-state index in [2.05, 4.69) is 9.88 Å². The molecule has 0 aromatic carbocycles. The zero-order chi connectivity index (χ0) is 12.9. The van der Waals surface area contributed by atoms with Gasteiger partial charge in [-0.3, -0.25) is 0 Å². The Labute approximate surface area is 102 Å². The number of nitrogens with two attached hydrogens (primary N) is 1. The summed E-state index contributed by atoms with van der Waals surface area (Å²) >= 11 is 0. The summed E-state index contributed by atoms with van der Waals surface area (Å²) in [7, 11) is -3.37. The highest BCUT2D eigenvalue weighted by molar-refractivity contribution is 7.90. The van der Waals surface area contributed by atoms with Crippen molar-refractivity contribution in [2.75, 3.05) is 0 Å². The third-order valence-electron chi connectivity index (χ3n) is 3.18. The SMILES string of the molecule is CCC(NS(=O)(=O)C1CCCCC1)/C(N)=N/O. The first kappa shape index (κ1) is 14.2. The summed E-state index contributed by atoms with van der Waals surface area (Å²) in [6.07, 6.45) is 4.85. The van der Waals surface area contributed by atoms with Crippen LogP contribution in [-0.2, 0) is 10.0 Å². The second-order valence-corrected chi connectivity index (χ2v) is 6.40. The normalized spacial score (nSPS) is 21.4. The summed E-state index contributed by atoms with van der Waals surface area (Å²) in [6.45, 7) is 1.78. The quantitative estimate of drug-likeness (QED) is 0.295. The van der Waals surface area contributed by atoms with Crippen molar-refractivity contribution < 1.29 is 13.6 Å². The van der Waals surface area contributed by atoms with Crippen molar-refractivity contribution in [3.05, 3.63) is 0 Å². The van der Waals surface area contributed by atoms with Gasteiger partial charge in [0.15, 0.2) is 5.84 Å². The van der Waals surface area contributed by atoms with E-state index in [-0.39, 0.29) is 11.1 Å². The summed E-state index contributed by atoms with van der Waals surface area (Å²) in [6, 6.07) is -0.619. The van der Waals surface area contributed by atoms with Crippen LogP contribution in [0.2, 0.25) is 0 Å². The lowest BCUT2D eigenvalue weighted by Gasteiger charge is -2.24. The van der Waals surface area contributed by atoms with Crippen molar-refractivity contribution in [3.63, 3.8) is 0 Å². The average Bonchev–Trinajstić information content (AvgIpc) is 2.36. The third kappa shape index (κ3) is 3.85. The van der Waals surface area contributed by atoms with E-state index in [9.17, 15) is 8.42 Å². The molecule has 0 saturated heterocycles. The molecule has 1 aliphatic carbocycles. The predicted octanol–water partition coefficient (Wildman–Crippen LogP) is 0.763. The van der Waals surface area contributed by atoms with E-state index in [1.807, 2.05) is 0 Å². The molecule has 0 heterocycles. The molecule has 7 heteroatoms. The minimum atomic E-state index is -3.37. The molecule has 1 aliphatic rings. The Hall–Kier alpha value is -0.820. The Bertz CT molecular complexity index is 361. The van der Waals surface area contributed by atoms with E-state index in [0.717, 1.165) is 19.3 Å². The average molecular weight is 263 g/mol. The van der Waals surface area contributed by atoms with Gasteiger partial charge >= 0.3 is 0 Å². The van der Waals surface area contributed by atoms with Crippen molar-refractivity contribution in [1.29, 1.82) is 0 Å². The van der Waals surface area contributed by atoms with Crippen LogP contribution < -0.4 is 10.5 Å². The van der Waals surface area contributed by atoms with Crippen LogP contribution in [0.4, 0.5) is 0 Å². The van der Waals surface area contributed by atoms with E-state index < -0.39 is 16.1 Å². The fourth-order valence-electron chi connectivity index (χ4n) is 2.09. The Balaban J connectivity index is 2.70. The molecule has 100 valence electrons. The number of amidine groups is 1. The van der Waals surface area contributed by atoms with Crippen LogP contribution in [-0.4, -0.2) is 30.8 Å². The van der Waals surface area contributed by atoms with Gasteiger partial charge in [0.25, 0.3) is 0 Å². The molecule has 17 heavy (non-hydrogen) atoms. The van der Waals surface area contributed by atoms with Gasteiger partial charge in [-0.25, -0.2) is 13.1 Å². The zero-order valence-electron chi connectivity index (χ0n) is 10.1. The summed E-state index contributed by atoms with van der Waals surface area (Å²) in [4.78, 5) is 0. The lowest BCUT2D eigenvalue weighted by atomic mass is 10.0. The highest BCUT2D eigenvalue weighted by Crippen LogP contribution is 2.23. The molecular formula is C10H21N3O3S. The van der Waals surface area contributed by atoms with E-state index in [0.29, 0.717) is 19.3 Å². The molecule has 4 N–H and O–H groups in total. The standard InChI is InChI=1S/C10H21N3O3S/c1-2-9(10(11)12-14)13-17(15,16)8-6-4-3-5-7-8/h8-9,13-14H,2-7H2,1H3,(H2,11,12). The Morgan fingerprint density at radius 2 is 2.06 bits per heavy atom. The fourth-order valence-corrected chi connectivity index (χ4v) is 3.92. The Kier molecular flexibility index (Phi) is 5.20. The molecule has 1 atom stereocenters. The van der Waals surface area contributed by atoms with Crippen molar-refractivity contribution in [1.82, 2.24) is 4.72 Å². The molecule has 1 unspecified atom stereocenters. The summed E-state index contributed by atoms with van der Waals surface area (Å²) in [5, 5.41) is 11.1. The van der Waals surface area contributed by atoms with Gasteiger partial charge < -0.3 is 10.9 Å².